The summed E-state index contributed by atoms with van der Waals surface area (Å²) in [6, 6.07) is 8.66. The summed E-state index contributed by atoms with van der Waals surface area (Å²) < 4.78 is 11.4. The van der Waals surface area contributed by atoms with Crippen LogP contribution in [0.2, 0.25) is 0 Å². The lowest BCUT2D eigenvalue weighted by atomic mass is 9.91. The standard InChI is InChI=1S/C19H29NO3/c1-15-4-2-10-20(19(15)13-21)12-16-6-8-17(9-7-16)23-14-18-5-3-11-22-18/h6-9,15,18-19,21H,2-5,10-14H2,1H3. The van der Waals surface area contributed by atoms with Crippen LogP contribution in [0.1, 0.15) is 38.2 Å². The van der Waals surface area contributed by atoms with Gasteiger partial charge < -0.3 is 14.6 Å². The maximum atomic E-state index is 9.65. The van der Waals surface area contributed by atoms with Gasteiger partial charge in [-0.05, 0) is 55.8 Å². The van der Waals surface area contributed by atoms with E-state index in [2.05, 4.69) is 24.0 Å². The zero-order valence-corrected chi connectivity index (χ0v) is 14.1. The number of nitrogens with zero attached hydrogens (tertiary/aromatic N) is 1. The summed E-state index contributed by atoms with van der Waals surface area (Å²) in [6.07, 6.45) is 4.95. The zero-order valence-electron chi connectivity index (χ0n) is 14.1. The Morgan fingerprint density at radius 2 is 2.04 bits per heavy atom. The monoisotopic (exact) mass is 319 g/mol. The summed E-state index contributed by atoms with van der Waals surface area (Å²) >= 11 is 0. The molecular weight excluding hydrogens is 290 g/mol. The molecule has 2 fully saturated rings. The van der Waals surface area contributed by atoms with Crippen LogP contribution in [0.25, 0.3) is 0 Å². The van der Waals surface area contributed by atoms with Gasteiger partial charge in [0, 0.05) is 19.2 Å². The average Bonchev–Trinajstić information content (AvgIpc) is 3.08. The van der Waals surface area contributed by atoms with Gasteiger partial charge in [-0.1, -0.05) is 19.1 Å². The molecular formula is C19H29NO3. The highest BCUT2D eigenvalue weighted by Crippen LogP contribution is 2.25. The van der Waals surface area contributed by atoms with Crippen molar-refractivity contribution in [1.82, 2.24) is 4.90 Å². The molecule has 4 nitrogen and oxygen atoms in total. The molecule has 128 valence electrons. The van der Waals surface area contributed by atoms with Crippen molar-refractivity contribution in [2.75, 3.05) is 26.4 Å². The molecule has 0 radical (unpaired) electrons. The Labute approximate surface area is 139 Å². The third-order valence-corrected chi connectivity index (χ3v) is 5.19. The molecule has 0 aromatic heterocycles. The van der Waals surface area contributed by atoms with Gasteiger partial charge in [-0.25, -0.2) is 0 Å². The third kappa shape index (κ3) is 4.46. The molecule has 3 atom stereocenters. The van der Waals surface area contributed by atoms with Crippen molar-refractivity contribution in [3.8, 4) is 5.75 Å². The number of ether oxygens (including phenoxy) is 2. The highest BCUT2D eigenvalue weighted by atomic mass is 16.5. The predicted octanol–water partition coefficient (Wildman–Crippen LogP) is 2.84. The van der Waals surface area contributed by atoms with Gasteiger partial charge in [0.05, 0.1) is 12.7 Å². The summed E-state index contributed by atoms with van der Waals surface area (Å²) in [7, 11) is 0. The minimum absolute atomic E-state index is 0.254. The first kappa shape index (κ1) is 16.7. The molecule has 2 saturated heterocycles. The van der Waals surface area contributed by atoms with Crippen LogP contribution < -0.4 is 4.74 Å². The molecule has 1 N–H and O–H groups in total. The zero-order chi connectivity index (χ0) is 16.1. The Balaban J connectivity index is 1.52. The number of hydrogen-bond acceptors (Lipinski definition) is 4. The molecule has 3 unspecified atom stereocenters. The number of benzene rings is 1. The van der Waals surface area contributed by atoms with Gasteiger partial charge in [0.25, 0.3) is 0 Å². The van der Waals surface area contributed by atoms with Crippen LogP contribution in [0.15, 0.2) is 24.3 Å². The van der Waals surface area contributed by atoms with Crippen LogP contribution in [0.3, 0.4) is 0 Å². The number of likely N-dealkylation sites (tertiary alicyclic amines) is 1. The first-order valence-corrected chi connectivity index (χ1v) is 8.94. The maximum Gasteiger partial charge on any atom is 0.119 e. The predicted molar refractivity (Wildman–Crippen MR) is 90.6 cm³/mol. The van der Waals surface area contributed by atoms with Gasteiger partial charge in [-0.3, -0.25) is 4.90 Å². The summed E-state index contributed by atoms with van der Waals surface area (Å²) in [6.45, 7) is 6.00. The van der Waals surface area contributed by atoms with Crippen LogP contribution >= 0.6 is 0 Å². The van der Waals surface area contributed by atoms with Crippen molar-refractivity contribution >= 4 is 0 Å². The molecule has 23 heavy (non-hydrogen) atoms. The molecule has 1 aromatic carbocycles. The minimum atomic E-state index is 0.254. The van der Waals surface area contributed by atoms with E-state index in [1.807, 2.05) is 12.1 Å². The first-order valence-electron chi connectivity index (χ1n) is 8.94. The first-order chi connectivity index (χ1) is 11.3. The lowest BCUT2D eigenvalue weighted by Gasteiger charge is -2.39. The minimum Gasteiger partial charge on any atom is -0.491 e. The fourth-order valence-corrected chi connectivity index (χ4v) is 3.72. The van der Waals surface area contributed by atoms with Crippen molar-refractivity contribution in [2.45, 2.75) is 51.3 Å². The van der Waals surface area contributed by atoms with Gasteiger partial charge in [-0.15, -0.1) is 0 Å². The van der Waals surface area contributed by atoms with E-state index in [0.717, 1.165) is 38.3 Å². The average molecular weight is 319 g/mol. The molecule has 0 saturated carbocycles. The molecule has 0 bridgehead atoms. The van der Waals surface area contributed by atoms with Crippen molar-refractivity contribution in [3.05, 3.63) is 29.8 Å². The van der Waals surface area contributed by atoms with Crippen LogP contribution in [0.4, 0.5) is 0 Å². The van der Waals surface area contributed by atoms with Gasteiger partial charge in [0.1, 0.15) is 12.4 Å². The van der Waals surface area contributed by atoms with Crippen LogP contribution in [0.5, 0.6) is 5.75 Å². The second-order valence-corrected chi connectivity index (χ2v) is 6.93. The molecule has 0 aliphatic carbocycles. The van der Waals surface area contributed by atoms with Crippen LogP contribution in [0, 0.1) is 5.92 Å². The van der Waals surface area contributed by atoms with E-state index in [-0.39, 0.29) is 12.7 Å². The highest BCUT2D eigenvalue weighted by molar-refractivity contribution is 5.27. The van der Waals surface area contributed by atoms with Crippen molar-refractivity contribution in [3.63, 3.8) is 0 Å². The quantitative estimate of drug-likeness (QED) is 0.875. The van der Waals surface area contributed by atoms with Crippen molar-refractivity contribution in [2.24, 2.45) is 5.92 Å². The fourth-order valence-electron chi connectivity index (χ4n) is 3.72. The van der Waals surface area contributed by atoms with Gasteiger partial charge in [0.2, 0.25) is 0 Å². The molecule has 4 heteroatoms. The summed E-state index contributed by atoms with van der Waals surface area (Å²) in [5.74, 6) is 1.48. The molecule has 2 aliphatic rings. The number of piperidine rings is 1. The Bertz CT molecular complexity index is 470. The lowest BCUT2D eigenvalue weighted by molar-refractivity contribution is 0.0472. The Morgan fingerprint density at radius 1 is 1.22 bits per heavy atom. The van der Waals surface area contributed by atoms with Crippen molar-refractivity contribution in [1.29, 1.82) is 0 Å². The number of hydrogen-bond donors (Lipinski definition) is 1. The Morgan fingerprint density at radius 3 is 2.74 bits per heavy atom. The van der Waals surface area contributed by atoms with Crippen LogP contribution in [-0.4, -0.2) is 48.5 Å². The van der Waals surface area contributed by atoms with E-state index in [1.54, 1.807) is 0 Å². The van der Waals surface area contributed by atoms with E-state index >= 15 is 0 Å². The lowest BCUT2D eigenvalue weighted by Crippen LogP contribution is -2.45. The van der Waals surface area contributed by atoms with E-state index in [1.165, 1.54) is 18.4 Å². The number of aliphatic hydroxyl groups is 1. The van der Waals surface area contributed by atoms with Crippen molar-refractivity contribution < 1.29 is 14.6 Å². The normalized spacial score (nSPS) is 28.9. The van der Waals surface area contributed by atoms with E-state index in [4.69, 9.17) is 9.47 Å². The maximum absolute atomic E-state index is 9.65. The smallest absolute Gasteiger partial charge is 0.119 e. The molecule has 0 amide bonds. The summed E-state index contributed by atoms with van der Waals surface area (Å²) in [5.41, 5.74) is 1.28. The molecule has 0 spiro atoms. The molecule has 2 heterocycles. The number of rotatable bonds is 6. The highest BCUT2D eigenvalue weighted by Gasteiger charge is 2.27. The van der Waals surface area contributed by atoms with E-state index in [0.29, 0.717) is 18.6 Å². The fraction of sp³-hybridized carbons (Fsp3) is 0.684. The Kier molecular flexibility index (Phi) is 5.92. The summed E-state index contributed by atoms with van der Waals surface area (Å²) in [5, 5.41) is 9.65. The second kappa shape index (κ2) is 8.13. The van der Waals surface area contributed by atoms with Gasteiger partial charge >= 0.3 is 0 Å². The van der Waals surface area contributed by atoms with Gasteiger partial charge in [-0.2, -0.15) is 0 Å². The molecule has 2 aliphatic heterocycles. The third-order valence-electron chi connectivity index (χ3n) is 5.19. The Hall–Kier alpha value is -1.10. The topological polar surface area (TPSA) is 41.9 Å². The largest absolute Gasteiger partial charge is 0.491 e. The number of aliphatic hydroxyl groups excluding tert-OH is 1. The van der Waals surface area contributed by atoms with E-state index in [9.17, 15) is 5.11 Å². The SMILES string of the molecule is CC1CCCN(Cc2ccc(OCC3CCCO3)cc2)C1CO. The second-order valence-electron chi connectivity index (χ2n) is 6.93. The molecule has 1 aromatic rings. The van der Waals surface area contributed by atoms with Gasteiger partial charge in [0.15, 0.2) is 0 Å². The molecule has 3 rings (SSSR count). The van der Waals surface area contributed by atoms with E-state index < -0.39 is 0 Å². The van der Waals surface area contributed by atoms with Crippen LogP contribution in [-0.2, 0) is 11.3 Å². The summed E-state index contributed by atoms with van der Waals surface area (Å²) in [4.78, 5) is 2.41.